The lowest BCUT2D eigenvalue weighted by Crippen LogP contribution is -2.35. The second-order valence-corrected chi connectivity index (χ2v) is 7.22. The maximum absolute atomic E-state index is 13.2. The Morgan fingerprint density at radius 3 is 2.66 bits per heavy atom. The molecule has 0 fully saturated rings. The van der Waals surface area contributed by atoms with E-state index >= 15 is 0 Å². The third-order valence-electron chi connectivity index (χ3n) is 4.14. The predicted molar refractivity (Wildman–Crippen MR) is 110 cm³/mol. The number of amides is 2. The fourth-order valence-corrected chi connectivity index (χ4v) is 3.44. The van der Waals surface area contributed by atoms with Crippen molar-refractivity contribution >= 4 is 28.8 Å². The van der Waals surface area contributed by atoms with E-state index in [2.05, 4.69) is 10.3 Å². The van der Waals surface area contributed by atoms with Crippen LogP contribution in [0, 0.1) is 5.82 Å². The van der Waals surface area contributed by atoms with Crippen molar-refractivity contribution in [1.82, 2.24) is 9.88 Å². The highest BCUT2D eigenvalue weighted by Gasteiger charge is 2.16. The van der Waals surface area contributed by atoms with Crippen molar-refractivity contribution in [1.29, 1.82) is 0 Å². The molecular weight excluding hydrogens is 393 g/mol. The first-order chi connectivity index (χ1) is 13.9. The van der Waals surface area contributed by atoms with Crippen molar-refractivity contribution in [3.63, 3.8) is 0 Å². The van der Waals surface area contributed by atoms with E-state index in [1.807, 2.05) is 29.6 Å². The van der Waals surface area contributed by atoms with Gasteiger partial charge in [-0.25, -0.2) is 9.37 Å². The van der Waals surface area contributed by atoms with Gasteiger partial charge in [0.25, 0.3) is 0 Å². The van der Waals surface area contributed by atoms with Gasteiger partial charge in [0.05, 0.1) is 25.8 Å². The molecule has 3 rings (SSSR count). The maximum Gasteiger partial charge on any atom is 0.243 e. The molecule has 0 bridgehead atoms. The van der Waals surface area contributed by atoms with E-state index in [0.717, 1.165) is 16.3 Å². The quantitative estimate of drug-likeness (QED) is 0.643. The van der Waals surface area contributed by atoms with Gasteiger partial charge in [0.15, 0.2) is 0 Å². The van der Waals surface area contributed by atoms with E-state index < -0.39 is 11.7 Å². The molecule has 0 spiro atoms. The summed E-state index contributed by atoms with van der Waals surface area (Å²) in [6, 6.07) is 13.1. The van der Waals surface area contributed by atoms with Gasteiger partial charge in [-0.1, -0.05) is 6.07 Å². The van der Waals surface area contributed by atoms with E-state index in [1.54, 1.807) is 20.2 Å². The Morgan fingerprint density at radius 1 is 1.21 bits per heavy atom. The van der Waals surface area contributed by atoms with Gasteiger partial charge in [-0.15, -0.1) is 11.3 Å². The predicted octanol–water partition coefficient (Wildman–Crippen LogP) is 3.60. The molecule has 0 aliphatic heterocycles. The molecular formula is C21H20FN3O3S. The highest BCUT2D eigenvalue weighted by atomic mass is 32.1. The molecule has 0 saturated carbocycles. The summed E-state index contributed by atoms with van der Waals surface area (Å²) >= 11 is 1.45. The Hall–Kier alpha value is -3.26. The Labute approximate surface area is 172 Å². The van der Waals surface area contributed by atoms with Crippen LogP contribution in [0.3, 0.4) is 0 Å². The molecule has 0 unspecified atom stereocenters. The summed E-state index contributed by atoms with van der Waals surface area (Å²) in [5, 5.41) is 5.21. The molecule has 1 N–H and O–H groups in total. The standard InChI is InChI=1S/C21H20FN3O3S/c1-25(12-19(26)23-16-5-3-4-15(22)10-16)20(27)11-17-13-29-21(24-17)14-6-8-18(28-2)9-7-14/h3-10,13H,11-12H2,1-2H3,(H,23,26). The molecule has 3 aromatic rings. The largest absolute Gasteiger partial charge is 0.497 e. The molecule has 0 saturated heterocycles. The normalized spacial score (nSPS) is 10.4. The van der Waals surface area contributed by atoms with Gasteiger partial charge in [0, 0.05) is 23.7 Å². The molecule has 1 heterocycles. The molecule has 1 aromatic heterocycles. The Kier molecular flexibility index (Phi) is 6.56. The number of thiazole rings is 1. The number of benzene rings is 2. The number of hydrogen-bond acceptors (Lipinski definition) is 5. The van der Waals surface area contributed by atoms with E-state index in [0.29, 0.717) is 11.4 Å². The average molecular weight is 413 g/mol. The summed E-state index contributed by atoms with van der Waals surface area (Å²) < 4.78 is 18.3. The summed E-state index contributed by atoms with van der Waals surface area (Å²) in [6.45, 7) is -0.134. The molecule has 29 heavy (non-hydrogen) atoms. The van der Waals surface area contributed by atoms with Crippen LogP contribution >= 0.6 is 11.3 Å². The van der Waals surface area contributed by atoms with Crippen LogP contribution in [0.2, 0.25) is 0 Å². The fraction of sp³-hybridized carbons (Fsp3) is 0.190. The van der Waals surface area contributed by atoms with Crippen molar-refractivity contribution in [3.05, 3.63) is 65.4 Å². The molecule has 150 valence electrons. The summed E-state index contributed by atoms with van der Waals surface area (Å²) in [5.74, 6) is -0.308. The van der Waals surface area contributed by atoms with Crippen molar-refractivity contribution in [2.24, 2.45) is 0 Å². The molecule has 8 heteroatoms. The second kappa shape index (κ2) is 9.29. The number of carbonyl (C=O) groups excluding carboxylic acids is 2. The van der Waals surface area contributed by atoms with Crippen LogP contribution < -0.4 is 10.1 Å². The number of nitrogens with zero attached hydrogens (tertiary/aromatic N) is 2. The lowest BCUT2D eigenvalue weighted by Gasteiger charge is -2.16. The van der Waals surface area contributed by atoms with Crippen LogP contribution in [-0.2, 0) is 16.0 Å². The highest BCUT2D eigenvalue weighted by molar-refractivity contribution is 7.13. The Bertz CT molecular complexity index is 1000. The summed E-state index contributed by atoms with van der Waals surface area (Å²) in [4.78, 5) is 30.3. The Balaban J connectivity index is 1.55. The van der Waals surface area contributed by atoms with Gasteiger partial charge in [-0.05, 0) is 42.5 Å². The van der Waals surface area contributed by atoms with Crippen molar-refractivity contribution in [2.45, 2.75) is 6.42 Å². The number of ether oxygens (including phenoxy) is 1. The molecule has 0 radical (unpaired) electrons. The lowest BCUT2D eigenvalue weighted by atomic mass is 10.2. The molecule has 0 aliphatic carbocycles. The molecule has 6 nitrogen and oxygen atoms in total. The number of aromatic nitrogens is 1. The van der Waals surface area contributed by atoms with Gasteiger partial charge in [0.1, 0.15) is 16.6 Å². The number of hydrogen-bond donors (Lipinski definition) is 1. The second-order valence-electron chi connectivity index (χ2n) is 6.36. The third-order valence-corrected chi connectivity index (χ3v) is 5.08. The lowest BCUT2D eigenvalue weighted by molar-refractivity contribution is -0.132. The minimum atomic E-state index is -0.441. The zero-order valence-corrected chi connectivity index (χ0v) is 16.8. The first-order valence-corrected chi connectivity index (χ1v) is 9.71. The topological polar surface area (TPSA) is 71.5 Å². The van der Waals surface area contributed by atoms with Crippen LogP contribution in [0.4, 0.5) is 10.1 Å². The zero-order chi connectivity index (χ0) is 20.8. The number of anilines is 1. The van der Waals surface area contributed by atoms with Gasteiger partial charge < -0.3 is 15.0 Å². The molecule has 0 atom stereocenters. The molecule has 2 amide bonds. The van der Waals surface area contributed by atoms with E-state index in [4.69, 9.17) is 4.74 Å². The van der Waals surface area contributed by atoms with Crippen molar-refractivity contribution in [3.8, 4) is 16.3 Å². The number of rotatable bonds is 7. The van der Waals surface area contributed by atoms with Crippen molar-refractivity contribution < 1.29 is 18.7 Å². The number of carbonyl (C=O) groups is 2. The summed E-state index contributed by atoms with van der Waals surface area (Å²) in [7, 11) is 3.15. The van der Waals surface area contributed by atoms with Crippen LogP contribution in [0.5, 0.6) is 5.75 Å². The molecule has 2 aromatic carbocycles. The van der Waals surface area contributed by atoms with Crippen LogP contribution in [-0.4, -0.2) is 42.4 Å². The van der Waals surface area contributed by atoms with Gasteiger partial charge in [-0.2, -0.15) is 0 Å². The zero-order valence-electron chi connectivity index (χ0n) is 16.0. The highest BCUT2D eigenvalue weighted by Crippen LogP contribution is 2.26. The number of nitrogens with one attached hydrogen (secondary N) is 1. The Morgan fingerprint density at radius 2 is 1.97 bits per heavy atom. The van der Waals surface area contributed by atoms with E-state index in [1.165, 1.54) is 34.4 Å². The number of halogens is 1. The van der Waals surface area contributed by atoms with Crippen molar-refractivity contribution in [2.75, 3.05) is 26.0 Å². The fourth-order valence-electron chi connectivity index (χ4n) is 2.61. The molecule has 0 aliphatic rings. The van der Waals surface area contributed by atoms with Crippen LogP contribution in [0.1, 0.15) is 5.69 Å². The summed E-state index contributed by atoms with van der Waals surface area (Å²) in [5.41, 5.74) is 1.93. The smallest absolute Gasteiger partial charge is 0.243 e. The van der Waals surface area contributed by atoms with Gasteiger partial charge in [-0.3, -0.25) is 9.59 Å². The van der Waals surface area contributed by atoms with E-state index in [9.17, 15) is 14.0 Å². The first-order valence-electron chi connectivity index (χ1n) is 8.83. The monoisotopic (exact) mass is 413 g/mol. The van der Waals surface area contributed by atoms with E-state index in [-0.39, 0.29) is 18.9 Å². The maximum atomic E-state index is 13.2. The number of methoxy groups -OCH3 is 1. The average Bonchev–Trinajstić information content (AvgIpc) is 3.16. The van der Waals surface area contributed by atoms with Crippen LogP contribution in [0.15, 0.2) is 53.9 Å². The minimum absolute atomic E-state index is 0.0937. The third kappa shape index (κ3) is 5.61. The van der Waals surface area contributed by atoms with Crippen LogP contribution in [0.25, 0.3) is 10.6 Å². The van der Waals surface area contributed by atoms with Gasteiger partial charge in [0.2, 0.25) is 11.8 Å². The SMILES string of the molecule is COc1ccc(-c2nc(CC(=O)N(C)CC(=O)Nc3cccc(F)c3)cs2)cc1. The number of likely N-dealkylation sites (N-methyl/N-ethyl adjacent to an activating group) is 1. The minimum Gasteiger partial charge on any atom is -0.497 e. The van der Waals surface area contributed by atoms with Gasteiger partial charge >= 0.3 is 0 Å². The summed E-state index contributed by atoms with van der Waals surface area (Å²) in [6.07, 6.45) is 0.0937. The first kappa shape index (κ1) is 20.5.